The lowest BCUT2D eigenvalue weighted by Gasteiger charge is -2.22. The minimum Gasteiger partial charge on any atom is -0.389 e. The van der Waals surface area contributed by atoms with Crippen LogP contribution in [-0.2, 0) is 11.3 Å². The molecule has 20 heavy (non-hydrogen) atoms. The number of β-amino-alcohol motifs (C(OH)–C–C–N with tert-alkyl or cyclic N) is 2. The lowest BCUT2D eigenvalue weighted by molar-refractivity contribution is 0.0572. The largest absolute Gasteiger partial charge is 0.389 e. The first kappa shape index (κ1) is 15.5. The summed E-state index contributed by atoms with van der Waals surface area (Å²) in [4.78, 5) is 1.97. The third-order valence-electron chi connectivity index (χ3n) is 3.45. The summed E-state index contributed by atoms with van der Waals surface area (Å²) >= 11 is 6.06. The molecular formula is C14H21ClN2O3. The molecule has 0 radical (unpaired) electrons. The molecule has 0 saturated carbocycles. The highest BCUT2D eigenvalue weighted by Crippen LogP contribution is 2.28. The minimum atomic E-state index is -0.705. The first-order chi connectivity index (χ1) is 9.61. The van der Waals surface area contributed by atoms with Crippen LogP contribution in [0.25, 0.3) is 0 Å². The fourth-order valence-corrected chi connectivity index (χ4v) is 2.51. The summed E-state index contributed by atoms with van der Waals surface area (Å²) in [5.74, 6) is 0. The number of aliphatic hydroxyl groups is 2. The number of hydrogen-bond acceptors (Lipinski definition) is 5. The Morgan fingerprint density at radius 3 is 2.70 bits per heavy atom. The molecule has 1 saturated heterocycles. The van der Waals surface area contributed by atoms with Crippen molar-refractivity contribution in [3.05, 3.63) is 28.8 Å². The Morgan fingerprint density at radius 2 is 2.05 bits per heavy atom. The van der Waals surface area contributed by atoms with E-state index in [1.165, 1.54) is 0 Å². The highest BCUT2D eigenvalue weighted by atomic mass is 35.5. The molecule has 6 heteroatoms. The van der Waals surface area contributed by atoms with Crippen molar-refractivity contribution in [1.29, 1.82) is 0 Å². The van der Waals surface area contributed by atoms with E-state index in [0.29, 0.717) is 31.3 Å². The Hall–Kier alpha value is -0.850. The molecule has 1 aromatic carbocycles. The number of nitrogens with zero attached hydrogens (tertiary/aromatic N) is 1. The van der Waals surface area contributed by atoms with Crippen molar-refractivity contribution in [3.63, 3.8) is 0 Å². The molecule has 0 aromatic heterocycles. The summed E-state index contributed by atoms with van der Waals surface area (Å²) < 4.78 is 5.00. The molecule has 2 unspecified atom stereocenters. The van der Waals surface area contributed by atoms with Gasteiger partial charge in [0.2, 0.25) is 0 Å². The molecule has 1 aromatic rings. The van der Waals surface area contributed by atoms with Crippen molar-refractivity contribution in [2.45, 2.75) is 18.8 Å². The zero-order chi connectivity index (χ0) is 14.5. The first-order valence-corrected chi connectivity index (χ1v) is 7.08. The number of halogens is 1. The van der Waals surface area contributed by atoms with E-state index in [0.717, 1.165) is 17.8 Å². The number of anilines is 1. The van der Waals surface area contributed by atoms with Crippen LogP contribution in [0.4, 0.5) is 5.69 Å². The van der Waals surface area contributed by atoms with Crippen molar-refractivity contribution in [1.82, 2.24) is 5.32 Å². The van der Waals surface area contributed by atoms with E-state index in [9.17, 15) is 10.2 Å². The van der Waals surface area contributed by atoms with Crippen LogP contribution in [0, 0.1) is 0 Å². The van der Waals surface area contributed by atoms with Gasteiger partial charge in [-0.1, -0.05) is 17.7 Å². The van der Waals surface area contributed by atoms with Gasteiger partial charge in [-0.3, -0.25) is 0 Å². The molecule has 1 fully saturated rings. The summed E-state index contributed by atoms with van der Waals surface area (Å²) in [6.07, 6.45) is -1.41. The Bertz CT molecular complexity index is 434. The van der Waals surface area contributed by atoms with Crippen LogP contribution < -0.4 is 10.2 Å². The van der Waals surface area contributed by atoms with Gasteiger partial charge in [0.25, 0.3) is 0 Å². The van der Waals surface area contributed by atoms with Gasteiger partial charge in [-0.2, -0.15) is 0 Å². The van der Waals surface area contributed by atoms with Gasteiger partial charge in [-0.25, -0.2) is 0 Å². The maximum atomic E-state index is 9.68. The van der Waals surface area contributed by atoms with Gasteiger partial charge >= 0.3 is 0 Å². The van der Waals surface area contributed by atoms with Gasteiger partial charge in [-0.15, -0.1) is 0 Å². The van der Waals surface area contributed by atoms with Crippen molar-refractivity contribution < 1.29 is 14.9 Å². The quantitative estimate of drug-likeness (QED) is 0.672. The number of benzene rings is 1. The number of rotatable bonds is 6. The number of hydrogen-bond donors (Lipinski definition) is 3. The fourth-order valence-electron chi connectivity index (χ4n) is 2.34. The van der Waals surface area contributed by atoms with Crippen LogP contribution in [0.5, 0.6) is 0 Å². The standard InChI is InChI=1S/C14H21ClN2O3/c1-20-5-4-16-7-10-2-3-11(15)6-12(10)17-8-13(18)14(19)9-17/h2-3,6,13-14,16,18-19H,4-5,7-9H2,1H3. The van der Waals surface area contributed by atoms with Crippen LogP contribution in [0.15, 0.2) is 18.2 Å². The SMILES string of the molecule is COCCNCc1ccc(Cl)cc1N1CC(O)C(O)C1. The lowest BCUT2D eigenvalue weighted by atomic mass is 10.1. The molecule has 1 aliphatic heterocycles. The van der Waals surface area contributed by atoms with Gasteiger partial charge in [0.05, 0.1) is 18.8 Å². The first-order valence-electron chi connectivity index (χ1n) is 6.71. The van der Waals surface area contributed by atoms with E-state index >= 15 is 0 Å². The molecular weight excluding hydrogens is 280 g/mol. The van der Waals surface area contributed by atoms with Gasteiger partial charge in [0, 0.05) is 44.0 Å². The second-order valence-corrected chi connectivity index (χ2v) is 5.42. The Labute approximate surface area is 124 Å². The highest BCUT2D eigenvalue weighted by molar-refractivity contribution is 6.30. The van der Waals surface area contributed by atoms with Gasteiger partial charge in [-0.05, 0) is 17.7 Å². The number of ether oxygens (including phenoxy) is 1. The molecule has 3 N–H and O–H groups in total. The van der Waals surface area contributed by atoms with Gasteiger partial charge in [0.15, 0.2) is 0 Å². The van der Waals surface area contributed by atoms with Crippen molar-refractivity contribution in [3.8, 4) is 0 Å². The number of methoxy groups -OCH3 is 1. The smallest absolute Gasteiger partial charge is 0.0990 e. The van der Waals surface area contributed by atoms with E-state index in [1.807, 2.05) is 23.1 Å². The predicted octanol–water partition coefficient (Wildman–Crippen LogP) is 0.618. The molecule has 5 nitrogen and oxygen atoms in total. The third-order valence-corrected chi connectivity index (χ3v) is 3.68. The Balaban J connectivity index is 2.08. The molecule has 1 heterocycles. The molecule has 112 valence electrons. The van der Waals surface area contributed by atoms with Crippen LogP contribution in [0.1, 0.15) is 5.56 Å². The van der Waals surface area contributed by atoms with Crippen molar-refractivity contribution in [2.24, 2.45) is 0 Å². The average molecular weight is 301 g/mol. The summed E-state index contributed by atoms with van der Waals surface area (Å²) in [5.41, 5.74) is 2.05. The summed E-state index contributed by atoms with van der Waals surface area (Å²) in [6.45, 7) is 2.96. The summed E-state index contributed by atoms with van der Waals surface area (Å²) in [6, 6.07) is 5.69. The van der Waals surface area contributed by atoms with Gasteiger partial charge in [0.1, 0.15) is 0 Å². The second kappa shape index (κ2) is 7.24. The molecule has 0 amide bonds. The van der Waals surface area contributed by atoms with Crippen molar-refractivity contribution >= 4 is 17.3 Å². The van der Waals surface area contributed by atoms with E-state index in [4.69, 9.17) is 16.3 Å². The maximum absolute atomic E-state index is 9.68. The average Bonchev–Trinajstić information content (AvgIpc) is 2.76. The zero-order valence-corrected chi connectivity index (χ0v) is 12.3. The molecule has 2 rings (SSSR count). The van der Waals surface area contributed by atoms with Crippen LogP contribution >= 0.6 is 11.6 Å². The topological polar surface area (TPSA) is 65.0 Å². The van der Waals surface area contributed by atoms with Crippen LogP contribution in [0.2, 0.25) is 5.02 Å². The third kappa shape index (κ3) is 3.84. The monoisotopic (exact) mass is 300 g/mol. The summed E-state index contributed by atoms with van der Waals surface area (Å²) in [5, 5.41) is 23.3. The second-order valence-electron chi connectivity index (χ2n) is 4.98. The molecule has 0 spiro atoms. The normalized spacial score (nSPS) is 22.5. The molecule has 0 aliphatic carbocycles. The van der Waals surface area contributed by atoms with Crippen molar-refractivity contribution in [2.75, 3.05) is 38.3 Å². The number of aliphatic hydroxyl groups excluding tert-OH is 2. The van der Waals surface area contributed by atoms with Crippen LogP contribution in [0.3, 0.4) is 0 Å². The minimum absolute atomic E-state index is 0.423. The molecule has 0 bridgehead atoms. The Morgan fingerprint density at radius 1 is 1.35 bits per heavy atom. The van der Waals surface area contributed by atoms with E-state index in [1.54, 1.807) is 7.11 Å². The highest BCUT2D eigenvalue weighted by Gasteiger charge is 2.30. The zero-order valence-electron chi connectivity index (χ0n) is 11.6. The molecule has 2 atom stereocenters. The van der Waals surface area contributed by atoms with Gasteiger partial charge < -0.3 is 25.2 Å². The van der Waals surface area contributed by atoms with E-state index in [2.05, 4.69) is 5.32 Å². The van der Waals surface area contributed by atoms with Crippen LogP contribution in [-0.4, -0.2) is 55.8 Å². The predicted molar refractivity (Wildman–Crippen MR) is 79.3 cm³/mol. The maximum Gasteiger partial charge on any atom is 0.0990 e. The number of nitrogens with one attached hydrogen (secondary N) is 1. The fraction of sp³-hybridized carbons (Fsp3) is 0.571. The van der Waals surface area contributed by atoms with E-state index < -0.39 is 12.2 Å². The summed E-state index contributed by atoms with van der Waals surface area (Å²) in [7, 11) is 1.67. The Kier molecular flexibility index (Phi) is 5.63. The van der Waals surface area contributed by atoms with E-state index in [-0.39, 0.29) is 0 Å². The molecule has 1 aliphatic rings. The lowest BCUT2D eigenvalue weighted by Crippen LogP contribution is -2.25.